The van der Waals surface area contributed by atoms with Gasteiger partial charge in [0.05, 0.1) is 6.04 Å². The van der Waals surface area contributed by atoms with E-state index in [0.717, 1.165) is 64.3 Å². The van der Waals surface area contributed by atoms with Crippen molar-refractivity contribution >= 4 is 5.91 Å². The summed E-state index contributed by atoms with van der Waals surface area (Å²) >= 11 is 0. The number of hydrogen-bond donors (Lipinski definition) is 1. The van der Waals surface area contributed by atoms with Crippen LogP contribution >= 0.6 is 0 Å². The summed E-state index contributed by atoms with van der Waals surface area (Å²) < 4.78 is 6.10. The van der Waals surface area contributed by atoms with Gasteiger partial charge in [0.2, 0.25) is 5.91 Å². The fraction of sp³-hybridized carbons (Fsp3) is 0.480. The standard InChI is InChI=1S/C25H31N3O2/c1-2-23-25(29)26-9-10-28(23)16-18-7-8-24-21(13-18)17-27(11-12-30-24)22-14-19-5-3-4-6-20(19)15-22/h3-8,13,22-23H,2,9-12,14-17H2,1H3,(H,26,29). The number of carbonyl (C=O) groups is 1. The number of amides is 1. The van der Waals surface area contributed by atoms with Crippen molar-refractivity contribution in [2.24, 2.45) is 0 Å². The fourth-order valence-electron chi connectivity index (χ4n) is 5.30. The van der Waals surface area contributed by atoms with E-state index in [1.54, 1.807) is 0 Å². The van der Waals surface area contributed by atoms with E-state index in [1.165, 1.54) is 22.3 Å². The van der Waals surface area contributed by atoms with Crippen molar-refractivity contribution in [3.8, 4) is 5.75 Å². The van der Waals surface area contributed by atoms with Gasteiger partial charge in [0.15, 0.2) is 0 Å². The number of nitrogens with zero attached hydrogens (tertiary/aromatic N) is 2. The molecule has 1 unspecified atom stereocenters. The zero-order valence-electron chi connectivity index (χ0n) is 17.8. The Bertz CT molecular complexity index is 903. The number of ether oxygens (including phenoxy) is 1. The molecule has 5 rings (SSSR count). The van der Waals surface area contributed by atoms with Crippen molar-refractivity contribution in [2.75, 3.05) is 26.2 Å². The molecule has 1 atom stereocenters. The molecule has 1 aliphatic carbocycles. The first-order valence-corrected chi connectivity index (χ1v) is 11.3. The largest absolute Gasteiger partial charge is 0.492 e. The third-order valence-electron chi connectivity index (χ3n) is 6.89. The molecule has 0 spiro atoms. The summed E-state index contributed by atoms with van der Waals surface area (Å²) in [5.74, 6) is 1.18. The summed E-state index contributed by atoms with van der Waals surface area (Å²) in [6.07, 6.45) is 3.11. The lowest BCUT2D eigenvalue weighted by Gasteiger charge is -2.34. The van der Waals surface area contributed by atoms with Crippen molar-refractivity contribution in [2.45, 2.75) is 51.4 Å². The fourth-order valence-corrected chi connectivity index (χ4v) is 5.30. The molecule has 0 aromatic heterocycles. The zero-order chi connectivity index (χ0) is 20.5. The first-order chi connectivity index (χ1) is 14.7. The first-order valence-electron chi connectivity index (χ1n) is 11.3. The highest BCUT2D eigenvalue weighted by molar-refractivity contribution is 5.82. The van der Waals surface area contributed by atoms with E-state index >= 15 is 0 Å². The molecule has 2 aromatic rings. The Labute approximate surface area is 179 Å². The van der Waals surface area contributed by atoms with Gasteiger partial charge in [0, 0.05) is 44.3 Å². The van der Waals surface area contributed by atoms with E-state index in [-0.39, 0.29) is 11.9 Å². The summed E-state index contributed by atoms with van der Waals surface area (Å²) in [5.41, 5.74) is 5.53. The molecule has 3 aliphatic rings. The average Bonchev–Trinajstić information content (AvgIpc) is 3.07. The van der Waals surface area contributed by atoms with Crippen LogP contribution in [0, 0.1) is 0 Å². The lowest BCUT2D eigenvalue weighted by Crippen LogP contribution is -2.54. The smallest absolute Gasteiger partial charge is 0.237 e. The predicted molar refractivity (Wildman–Crippen MR) is 117 cm³/mol. The molecule has 30 heavy (non-hydrogen) atoms. The van der Waals surface area contributed by atoms with Crippen LogP contribution in [0.1, 0.15) is 35.6 Å². The Morgan fingerprint density at radius 2 is 1.87 bits per heavy atom. The van der Waals surface area contributed by atoms with Crippen molar-refractivity contribution in [1.82, 2.24) is 15.1 Å². The number of piperazine rings is 1. The zero-order valence-corrected chi connectivity index (χ0v) is 17.8. The van der Waals surface area contributed by atoms with Crippen LogP contribution in [0.2, 0.25) is 0 Å². The molecular weight excluding hydrogens is 374 g/mol. The SMILES string of the molecule is CCC1C(=O)NCCN1Cc1ccc2c(c1)CN(C1Cc3ccccc3C1)CCO2. The number of rotatable bonds is 4. The molecule has 5 nitrogen and oxygen atoms in total. The molecule has 1 N–H and O–H groups in total. The maximum atomic E-state index is 12.2. The van der Waals surface area contributed by atoms with Gasteiger partial charge in [-0.2, -0.15) is 0 Å². The molecule has 1 fully saturated rings. The van der Waals surface area contributed by atoms with Crippen LogP contribution in [0.25, 0.3) is 0 Å². The molecular formula is C25H31N3O2. The van der Waals surface area contributed by atoms with Crippen molar-refractivity contribution in [3.63, 3.8) is 0 Å². The number of benzene rings is 2. The molecule has 2 aliphatic heterocycles. The summed E-state index contributed by atoms with van der Waals surface area (Å²) in [4.78, 5) is 17.1. The van der Waals surface area contributed by atoms with Crippen LogP contribution in [0.15, 0.2) is 42.5 Å². The molecule has 0 bridgehead atoms. The number of hydrogen-bond acceptors (Lipinski definition) is 4. The summed E-state index contributed by atoms with van der Waals surface area (Å²) in [5, 5.41) is 2.99. The van der Waals surface area contributed by atoms with Gasteiger partial charge in [0.25, 0.3) is 0 Å². The van der Waals surface area contributed by atoms with Crippen molar-refractivity contribution in [3.05, 3.63) is 64.7 Å². The Hall–Kier alpha value is -2.37. The molecule has 158 valence electrons. The van der Waals surface area contributed by atoms with Gasteiger partial charge in [-0.25, -0.2) is 0 Å². The summed E-state index contributed by atoms with van der Waals surface area (Å²) in [6, 6.07) is 16.0. The van der Waals surface area contributed by atoms with E-state index < -0.39 is 0 Å². The highest BCUT2D eigenvalue weighted by Gasteiger charge is 2.30. The van der Waals surface area contributed by atoms with Crippen LogP contribution in [0.4, 0.5) is 0 Å². The quantitative estimate of drug-likeness (QED) is 0.850. The second-order valence-electron chi connectivity index (χ2n) is 8.78. The van der Waals surface area contributed by atoms with Gasteiger partial charge >= 0.3 is 0 Å². The summed E-state index contributed by atoms with van der Waals surface area (Å²) in [6.45, 7) is 7.18. The Morgan fingerprint density at radius 1 is 1.07 bits per heavy atom. The Kier molecular flexibility index (Phi) is 5.48. The minimum Gasteiger partial charge on any atom is -0.492 e. The van der Waals surface area contributed by atoms with E-state index in [2.05, 4.69) is 64.5 Å². The highest BCUT2D eigenvalue weighted by atomic mass is 16.5. The molecule has 0 radical (unpaired) electrons. The van der Waals surface area contributed by atoms with Gasteiger partial charge in [-0.3, -0.25) is 14.6 Å². The normalized spacial score (nSPS) is 22.7. The van der Waals surface area contributed by atoms with Gasteiger partial charge in [-0.15, -0.1) is 0 Å². The van der Waals surface area contributed by atoms with Crippen LogP contribution in [-0.4, -0.2) is 54.0 Å². The van der Waals surface area contributed by atoms with E-state index in [0.29, 0.717) is 6.04 Å². The maximum Gasteiger partial charge on any atom is 0.237 e. The minimum absolute atomic E-state index is 0.0256. The van der Waals surface area contributed by atoms with Crippen molar-refractivity contribution < 1.29 is 9.53 Å². The molecule has 0 saturated carbocycles. The third kappa shape index (κ3) is 3.84. The molecule has 1 saturated heterocycles. The number of fused-ring (bicyclic) bond motifs is 2. The summed E-state index contributed by atoms with van der Waals surface area (Å²) in [7, 11) is 0. The third-order valence-corrected chi connectivity index (χ3v) is 6.89. The first kappa shape index (κ1) is 19.6. The Morgan fingerprint density at radius 3 is 2.63 bits per heavy atom. The molecule has 2 aromatic carbocycles. The second kappa shape index (κ2) is 8.40. The van der Waals surface area contributed by atoms with Crippen LogP contribution in [0.3, 0.4) is 0 Å². The lowest BCUT2D eigenvalue weighted by molar-refractivity contribution is -0.129. The average molecular weight is 406 g/mol. The molecule has 2 heterocycles. The highest BCUT2D eigenvalue weighted by Crippen LogP contribution is 2.31. The van der Waals surface area contributed by atoms with E-state index in [9.17, 15) is 4.79 Å². The van der Waals surface area contributed by atoms with Gasteiger partial charge in [-0.05, 0) is 48.1 Å². The van der Waals surface area contributed by atoms with Crippen LogP contribution < -0.4 is 10.1 Å². The van der Waals surface area contributed by atoms with E-state index in [1.807, 2.05) is 0 Å². The minimum atomic E-state index is -0.0256. The van der Waals surface area contributed by atoms with Crippen molar-refractivity contribution in [1.29, 1.82) is 0 Å². The second-order valence-corrected chi connectivity index (χ2v) is 8.78. The maximum absolute atomic E-state index is 12.2. The monoisotopic (exact) mass is 405 g/mol. The van der Waals surface area contributed by atoms with Crippen LogP contribution in [0.5, 0.6) is 5.75 Å². The van der Waals surface area contributed by atoms with Gasteiger partial charge in [0.1, 0.15) is 12.4 Å². The topological polar surface area (TPSA) is 44.8 Å². The number of carbonyl (C=O) groups excluding carboxylic acids is 1. The Balaban J connectivity index is 1.32. The van der Waals surface area contributed by atoms with Gasteiger partial charge < -0.3 is 10.1 Å². The number of nitrogens with one attached hydrogen (secondary N) is 1. The lowest BCUT2D eigenvalue weighted by atomic mass is 10.0. The van der Waals surface area contributed by atoms with E-state index in [4.69, 9.17) is 4.74 Å². The molecule has 5 heteroatoms. The predicted octanol–water partition coefficient (Wildman–Crippen LogP) is 2.76. The van der Waals surface area contributed by atoms with Gasteiger partial charge in [-0.1, -0.05) is 37.3 Å². The van der Waals surface area contributed by atoms with Crippen LogP contribution in [-0.2, 0) is 30.7 Å². The molecule has 1 amide bonds.